The van der Waals surface area contributed by atoms with Gasteiger partial charge in [0.05, 0.1) is 11.5 Å². The Bertz CT molecular complexity index is 986. The maximum Gasteiger partial charge on any atom is 0.250 e. The molecule has 0 fully saturated rings. The van der Waals surface area contributed by atoms with Crippen molar-refractivity contribution in [3.63, 3.8) is 0 Å². The minimum Gasteiger partial charge on any atom is -0.305 e. The van der Waals surface area contributed by atoms with E-state index in [4.69, 9.17) is 0 Å². The SMILES string of the molecule is CCC/C(=N\NC(=O)CSc1nnc(-c2ccc(Br)cc2)n1C)c1ccccc1. The van der Waals surface area contributed by atoms with Gasteiger partial charge < -0.3 is 4.57 Å². The molecule has 0 saturated heterocycles. The molecule has 6 nitrogen and oxygen atoms in total. The second-order valence-electron chi connectivity index (χ2n) is 6.37. The lowest BCUT2D eigenvalue weighted by Crippen LogP contribution is -2.22. The van der Waals surface area contributed by atoms with Crippen LogP contribution in [0.25, 0.3) is 11.4 Å². The number of rotatable bonds is 8. The van der Waals surface area contributed by atoms with Crippen LogP contribution in [0.3, 0.4) is 0 Å². The summed E-state index contributed by atoms with van der Waals surface area (Å²) in [7, 11) is 1.89. The molecule has 0 aliphatic rings. The van der Waals surface area contributed by atoms with Crippen LogP contribution in [-0.2, 0) is 11.8 Å². The van der Waals surface area contributed by atoms with Crippen LogP contribution in [0.15, 0.2) is 69.3 Å². The van der Waals surface area contributed by atoms with E-state index in [1.54, 1.807) is 0 Å². The number of hydrogen-bond donors (Lipinski definition) is 1. The summed E-state index contributed by atoms with van der Waals surface area (Å²) in [5, 5.41) is 13.5. The zero-order valence-electron chi connectivity index (χ0n) is 16.3. The van der Waals surface area contributed by atoms with E-state index in [0.29, 0.717) is 5.16 Å². The van der Waals surface area contributed by atoms with Crippen LogP contribution < -0.4 is 5.43 Å². The number of halogens is 1. The van der Waals surface area contributed by atoms with E-state index in [-0.39, 0.29) is 11.7 Å². The third-order valence-electron chi connectivity index (χ3n) is 4.18. The van der Waals surface area contributed by atoms with Crippen molar-refractivity contribution in [3.05, 3.63) is 64.6 Å². The van der Waals surface area contributed by atoms with E-state index >= 15 is 0 Å². The van der Waals surface area contributed by atoms with Crippen molar-refractivity contribution in [1.82, 2.24) is 20.2 Å². The minimum atomic E-state index is -0.173. The fourth-order valence-electron chi connectivity index (χ4n) is 2.72. The molecule has 0 atom stereocenters. The predicted molar refractivity (Wildman–Crippen MR) is 121 cm³/mol. The normalized spacial score (nSPS) is 11.5. The summed E-state index contributed by atoms with van der Waals surface area (Å²) in [6, 6.07) is 17.8. The maximum atomic E-state index is 12.3. The molecule has 0 aliphatic carbocycles. The van der Waals surface area contributed by atoms with E-state index in [2.05, 4.69) is 43.6 Å². The summed E-state index contributed by atoms with van der Waals surface area (Å²) < 4.78 is 2.89. The van der Waals surface area contributed by atoms with Crippen LogP contribution in [0.1, 0.15) is 25.3 Å². The molecule has 0 unspecified atom stereocenters. The highest BCUT2D eigenvalue weighted by molar-refractivity contribution is 9.10. The number of amides is 1. The van der Waals surface area contributed by atoms with Gasteiger partial charge in [-0.2, -0.15) is 5.10 Å². The van der Waals surface area contributed by atoms with E-state index in [9.17, 15) is 4.79 Å². The first kappa shape index (κ1) is 21.3. The number of aromatic nitrogens is 3. The smallest absolute Gasteiger partial charge is 0.250 e. The first-order valence-corrected chi connectivity index (χ1v) is 11.0. The molecule has 0 aliphatic heterocycles. The van der Waals surface area contributed by atoms with Gasteiger partial charge in [-0.1, -0.05) is 83.5 Å². The summed E-state index contributed by atoms with van der Waals surface area (Å²) >= 11 is 4.76. The monoisotopic (exact) mass is 471 g/mol. The molecule has 1 aromatic heterocycles. The Morgan fingerprint density at radius 3 is 2.55 bits per heavy atom. The average molecular weight is 472 g/mol. The summed E-state index contributed by atoms with van der Waals surface area (Å²) in [4.78, 5) is 12.3. The molecule has 0 spiro atoms. The van der Waals surface area contributed by atoms with Gasteiger partial charge in [0.1, 0.15) is 0 Å². The van der Waals surface area contributed by atoms with Gasteiger partial charge >= 0.3 is 0 Å². The number of hydrogen-bond acceptors (Lipinski definition) is 5. The van der Waals surface area contributed by atoms with Gasteiger partial charge in [-0.25, -0.2) is 5.43 Å². The Morgan fingerprint density at radius 2 is 1.86 bits per heavy atom. The second-order valence-corrected chi connectivity index (χ2v) is 8.23. The molecule has 3 rings (SSSR count). The zero-order chi connectivity index (χ0) is 20.6. The fraction of sp³-hybridized carbons (Fsp3) is 0.238. The highest BCUT2D eigenvalue weighted by atomic mass is 79.9. The van der Waals surface area contributed by atoms with E-state index in [1.807, 2.05) is 66.2 Å². The molecular formula is C21H22BrN5OS. The van der Waals surface area contributed by atoms with Gasteiger partial charge in [0.25, 0.3) is 5.91 Å². The minimum absolute atomic E-state index is 0.173. The molecule has 0 saturated carbocycles. The van der Waals surface area contributed by atoms with Crippen LogP contribution in [0.5, 0.6) is 0 Å². The highest BCUT2D eigenvalue weighted by Gasteiger charge is 2.13. The van der Waals surface area contributed by atoms with E-state index in [0.717, 1.165) is 40.0 Å². The van der Waals surface area contributed by atoms with Gasteiger partial charge in [0.15, 0.2) is 11.0 Å². The molecule has 0 radical (unpaired) electrons. The Balaban J connectivity index is 1.61. The quantitative estimate of drug-likeness (QED) is 0.294. The number of benzene rings is 2. The molecule has 29 heavy (non-hydrogen) atoms. The molecule has 0 bridgehead atoms. The number of hydrazone groups is 1. The number of nitrogens with zero attached hydrogens (tertiary/aromatic N) is 4. The number of thioether (sulfide) groups is 1. The third-order valence-corrected chi connectivity index (χ3v) is 5.73. The van der Waals surface area contributed by atoms with Gasteiger partial charge in [0.2, 0.25) is 0 Å². The standard InChI is InChI=1S/C21H22BrN5OS/c1-3-7-18(15-8-5-4-6-9-15)23-24-19(28)14-29-21-26-25-20(27(21)2)16-10-12-17(22)13-11-16/h4-6,8-13H,3,7,14H2,1-2H3,(H,24,28)/b23-18+. The van der Waals surface area contributed by atoms with Crippen molar-refractivity contribution < 1.29 is 4.79 Å². The molecular weight excluding hydrogens is 450 g/mol. The van der Waals surface area contributed by atoms with E-state index < -0.39 is 0 Å². The topological polar surface area (TPSA) is 72.2 Å². The maximum absolute atomic E-state index is 12.3. The Hall–Kier alpha value is -2.45. The summed E-state index contributed by atoms with van der Waals surface area (Å²) in [5.41, 5.74) is 5.54. The van der Waals surface area contributed by atoms with Crippen molar-refractivity contribution >= 4 is 39.3 Å². The van der Waals surface area contributed by atoms with Crippen molar-refractivity contribution in [2.75, 3.05) is 5.75 Å². The van der Waals surface area contributed by atoms with Crippen molar-refractivity contribution in [2.45, 2.75) is 24.9 Å². The molecule has 2 aromatic carbocycles. The molecule has 3 aromatic rings. The Morgan fingerprint density at radius 1 is 1.14 bits per heavy atom. The number of carbonyl (C=O) groups is 1. The lowest BCUT2D eigenvalue weighted by atomic mass is 10.1. The number of nitrogens with one attached hydrogen (secondary N) is 1. The first-order valence-electron chi connectivity index (χ1n) is 9.27. The first-order chi connectivity index (χ1) is 14.1. The molecule has 1 amide bonds. The van der Waals surface area contributed by atoms with Crippen LogP contribution >= 0.6 is 27.7 Å². The summed E-state index contributed by atoms with van der Waals surface area (Å²) in [5.74, 6) is 0.796. The third kappa shape index (κ3) is 5.77. The van der Waals surface area contributed by atoms with E-state index in [1.165, 1.54) is 11.8 Å². The largest absolute Gasteiger partial charge is 0.305 e. The Kier molecular flexibility index (Phi) is 7.60. The molecule has 1 N–H and O–H groups in total. The molecule has 150 valence electrons. The lowest BCUT2D eigenvalue weighted by molar-refractivity contribution is -0.118. The average Bonchev–Trinajstić information content (AvgIpc) is 3.11. The summed E-state index contributed by atoms with van der Waals surface area (Å²) in [6.45, 7) is 2.09. The molecule has 8 heteroatoms. The zero-order valence-corrected chi connectivity index (χ0v) is 18.7. The highest BCUT2D eigenvalue weighted by Crippen LogP contribution is 2.23. The van der Waals surface area contributed by atoms with Crippen LogP contribution in [-0.4, -0.2) is 32.1 Å². The van der Waals surface area contributed by atoms with Crippen molar-refractivity contribution in [1.29, 1.82) is 0 Å². The van der Waals surface area contributed by atoms with Crippen LogP contribution in [0.2, 0.25) is 0 Å². The van der Waals surface area contributed by atoms with Gasteiger partial charge in [-0.3, -0.25) is 4.79 Å². The van der Waals surface area contributed by atoms with Crippen LogP contribution in [0.4, 0.5) is 0 Å². The van der Waals surface area contributed by atoms with Crippen molar-refractivity contribution in [2.24, 2.45) is 12.1 Å². The van der Waals surface area contributed by atoms with Gasteiger partial charge in [0, 0.05) is 17.1 Å². The predicted octanol–water partition coefficient (Wildman–Crippen LogP) is 4.66. The Labute approximate surface area is 182 Å². The van der Waals surface area contributed by atoms with Gasteiger partial charge in [-0.15, -0.1) is 10.2 Å². The second kappa shape index (κ2) is 10.4. The summed E-state index contributed by atoms with van der Waals surface area (Å²) in [6.07, 6.45) is 1.76. The number of carbonyl (C=O) groups excluding carboxylic acids is 1. The van der Waals surface area contributed by atoms with Gasteiger partial charge in [-0.05, 0) is 24.1 Å². The molecule has 1 heterocycles. The lowest BCUT2D eigenvalue weighted by Gasteiger charge is -2.07. The van der Waals surface area contributed by atoms with Crippen molar-refractivity contribution in [3.8, 4) is 11.4 Å². The fourth-order valence-corrected chi connectivity index (χ4v) is 3.68. The van der Waals surface area contributed by atoms with Crippen LogP contribution in [0, 0.1) is 0 Å².